The minimum Gasteiger partial charge on any atom is -0.481 e. The van der Waals surface area contributed by atoms with Crippen LogP contribution >= 0.6 is 0 Å². The average molecular weight is 549 g/mol. The molecule has 0 rings (SSSR count). The Morgan fingerprint density at radius 2 is 0.789 bits per heavy atom. The second-order valence-corrected chi connectivity index (χ2v) is 8.18. The van der Waals surface area contributed by atoms with Gasteiger partial charge in [0, 0.05) is 13.1 Å². The fourth-order valence-electron chi connectivity index (χ4n) is 2.76. The molecule has 0 radical (unpaired) electrons. The molecule has 0 aromatic heterocycles. The number of esters is 2. The highest BCUT2D eigenvalue weighted by Gasteiger charge is 2.08. The number of aliphatic carboxylic acids is 2. The molecule has 0 aromatic rings. The number of carbonyl (C=O) groups excluding carboxylic acids is 4. The Labute approximate surface area is 221 Å². The van der Waals surface area contributed by atoms with Crippen LogP contribution in [0.4, 0.5) is 9.59 Å². The number of alkyl carbamates (subject to hydrolysis) is 2. The number of nitrogens with one attached hydrogen (secondary N) is 2. The fourth-order valence-corrected chi connectivity index (χ4v) is 2.76. The van der Waals surface area contributed by atoms with Crippen LogP contribution < -0.4 is 10.6 Å². The first-order valence-electron chi connectivity index (χ1n) is 12.8. The molecule has 0 aromatic carbocycles. The van der Waals surface area contributed by atoms with Crippen molar-refractivity contribution in [1.82, 2.24) is 10.6 Å². The Morgan fingerprint density at radius 3 is 1.13 bits per heavy atom. The molecule has 0 aliphatic carbocycles. The summed E-state index contributed by atoms with van der Waals surface area (Å²) < 4.78 is 19.8. The first-order valence-corrected chi connectivity index (χ1v) is 12.8. The highest BCUT2D eigenvalue weighted by atomic mass is 16.6. The van der Waals surface area contributed by atoms with E-state index in [9.17, 15) is 28.8 Å². The van der Waals surface area contributed by atoms with Crippen molar-refractivity contribution in [3.8, 4) is 0 Å². The molecule has 0 fully saturated rings. The lowest BCUT2D eigenvalue weighted by Gasteiger charge is -2.08. The van der Waals surface area contributed by atoms with Gasteiger partial charge in [-0.1, -0.05) is 12.8 Å². The predicted octanol–water partition coefficient (Wildman–Crippen LogP) is 2.38. The largest absolute Gasteiger partial charge is 0.481 e. The zero-order valence-corrected chi connectivity index (χ0v) is 21.7. The summed E-state index contributed by atoms with van der Waals surface area (Å²) in [6, 6.07) is 0. The van der Waals surface area contributed by atoms with Crippen LogP contribution in [0.2, 0.25) is 0 Å². The van der Waals surface area contributed by atoms with E-state index in [1.54, 1.807) is 0 Å². The van der Waals surface area contributed by atoms with Crippen LogP contribution in [0.25, 0.3) is 0 Å². The number of hydrogen-bond donors (Lipinski definition) is 4. The summed E-state index contributed by atoms with van der Waals surface area (Å²) in [7, 11) is 0. The van der Waals surface area contributed by atoms with Crippen LogP contribution in [-0.4, -0.2) is 85.8 Å². The quantitative estimate of drug-likeness (QED) is 0.0825. The number of carboxylic acid groups (broad SMARTS) is 2. The Hall–Kier alpha value is -3.58. The van der Waals surface area contributed by atoms with Crippen molar-refractivity contribution >= 4 is 36.1 Å². The predicted molar refractivity (Wildman–Crippen MR) is 131 cm³/mol. The van der Waals surface area contributed by atoms with E-state index >= 15 is 0 Å². The summed E-state index contributed by atoms with van der Waals surface area (Å²) in [4.78, 5) is 66.3. The molecule has 218 valence electrons. The van der Waals surface area contributed by atoms with Crippen LogP contribution in [0.1, 0.15) is 77.0 Å². The number of amides is 2. The molecule has 0 heterocycles. The number of ether oxygens (including phenoxy) is 4. The van der Waals surface area contributed by atoms with Crippen LogP contribution in [0, 0.1) is 0 Å². The van der Waals surface area contributed by atoms with E-state index in [4.69, 9.17) is 29.2 Å². The second kappa shape index (κ2) is 23.8. The van der Waals surface area contributed by atoms with Gasteiger partial charge in [0.1, 0.15) is 0 Å². The second-order valence-electron chi connectivity index (χ2n) is 8.18. The summed E-state index contributed by atoms with van der Waals surface area (Å²) in [5.74, 6) is -3.25. The maximum atomic E-state index is 11.6. The minimum atomic E-state index is -1.06. The highest BCUT2D eigenvalue weighted by molar-refractivity contribution is 5.77. The molecule has 0 aliphatic rings. The minimum absolute atomic E-state index is 0.146. The first kappa shape index (κ1) is 34.4. The van der Waals surface area contributed by atoms with Gasteiger partial charge in [0.2, 0.25) is 0 Å². The molecule has 0 saturated heterocycles. The van der Waals surface area contributed by atoms with Crippen molar-refractivity contribution in [2.75, 3.05) is 39.5 Å². The van der Waals surface area contributed by atoms with E-state index in [2.05, 4.69) is 10.6 Å². The van der Waals surface area contributed by atoms with E-state index in [1.807, 2.05) is 0 Å². The Balaban J connectivity index is 3.41. The Bertz CT molecular complexity index is 669. The van der Waals surface area contributed by atoms with Crippen LogP contribution in [-0.2, 0) is 38.1 Å². The van der Waals surface area contributed by atoms with Crippen molar-refractivity contribution < 1.29 is 57.9 Å². The van der Waals surface area contributed by atoms with Gasteiger partial charge < -0.3 is 39.8 Å². The van der Waals surface area contributed by atoms with Crippen molar-refractivity contribution in [3.05, 3.63) is 0 Å². The lowest BCUT2D eigenvalue weighted by atomic mass is 10.2. The van der Waals surface area contributed by atoms with Gasteiger partial charge in [0.15, 0.2) is 0 Å². The van der Waals surface area contributed by atoms with Gasteiger partial charge in [-0.05, 0) is 38.5 Å². The lowest BCUT2D eigenvalue weighted by molar-refractivity contribution is -0.147. The molecule has 0 saturated carbocycles. The third-order valence-corrected chi connectivity index (χ3v) is 4.80. The number of rotatable bonds is 23. The Morgan fingerprint density at radius 1 is 0.447 bits per heavy atom. The van der Waals surface area contributed by atoms with E-state index in [0.717, 1.165) is 25.7 Å². The van der Waals surface area contributed by atoms with Gasteiger partial charge >= 0.3 is 36.1 Å². The fraction of sp³-hybridized carbons (Fsp3) is 0.750. The lowest BCUT2D eigenvalue weighted by Crippen LogP contribution is -2.26. The summed E-state index contributed by atoms with van der Waals surface area (Å²) in [6.45, 7) is 1.58. The van der Waals surface area contributed by atoms with E-state index in [1.165, 1.54) is 0 Å². The van der Waals surface area contributed by atoms with Crippen molar-refractivity contribution in [2.45, 2.75) is 77.0 Å². The zero-order chi connectivity index (χ0) is 28.4. The molecule has 0 spiro atoms. The van der Waals surface area contributed by atoms with Gasteiger partial charge in [-0.15, -0.1) is 0 Å². The smallest absolute Gasteiger partial charge is 0.407 e. The van der Waals surface area contributed by atoms with Gasteiger partial charge in [-0.3, -0.25) is 19.2 Å². The standard InChI is InChI=1S/C24H40N2O12/c27-19(28)9-11-21(31)35-15-5-7-17-37-23(33)25-13-3-1-2-4-14-26-24(34)38-18-8-6-16-36-22(32)12-10-20(29)30/h1-18H2,(H,25,33)(H,26,34)(H,27,28)(H,29,30). The molecular formula is C24H40N2O12. The van der Waals surface area contributed by atoms with Crippen LogP contribution in [0.5, 0.6) is 0 Å². The number of hydrogen-bond acceptors (Lipinski definition) is 10. The van der Waals surface area contributed by atoms with Crippen molar-refractivity contribution in [3.63, 3.8) is 0 Å². The molecular weight excluding hydrogens is 508 g/mol. The zero-order valence-electron chi connectivity index (χ0n) is 21.7. The maximum absolute atomic E-state index is 11.6. The average Bonchev–Trinajstić information content (AvgIpc) is 2.87. The van der Waals surface area contributed by atoms with Gasteiger partial charge in [-0.2, -0.15) is 0 Å². The summed E-state index contributed by atoms with van der Waals surface area (Å²) in [5, 5.41) is 22.2. The number of unbranched alkanes of at least 4 members (excludes halogenated alkanes) is 5. The summed E-state index contributed by atoms with van der Waals surface area (Å²) in [6.07, 6.45) is 3.35. The number of carboxylic acids is 2. The van der Waals surface area contributed by atoms with Gasteiger partial charge in [0.05, 0.1) is 52.1 Å². The van der Waals surface area contributed by atoms with Gasteiger partial charge in [-0.25, -0.2) is 9.59 Å². The van der Waals surface area contributed by atoms with Crippen molar-refractivity contribution in [1.29, 1.82) is 0 Å². The van der Waals surface area contributed by atoms with E-state index in [0.29, 0.717) is 38.8 Å². The van der Waals surface area contributed by atoms with Crippen molar-refractivity contribution in [2.24, 2.45) is 0 Å². The molecule has 0 bridgehead atoms. The molecule has 0 aliphatic heterocycles. The molecule has 38 heavy (non-hydrogen) atoms. The Kier molecular flexibility index (Phi) is 21.6. The third-order valence-electron chi connectivity index (χ3n) is 4.80. The van der Waals surface area contributed by atoms with Crippen LogP contribution in [0.15, 0.2) is 0 Å². The molecule has 14 heteroatoms. The molecule has 0 unspecified atom stereocenters. The molecule has 2 amide bonds. The van der Waals surface area contributed by atoms with E-state index < -0.39 is 36.1 Å². The molecule has 0 atom stereocenters. The SMILES string of the molecule is O=C(O)CCC(=O)OCCCCOC(=O)NCCCCCCNC(=O)OCCCCOC(=O)CCC(=O)O. The maximum Gasteiger partial charge on any atom is 0.407 e. The summed E-state index contributed by atoms with van der Waals surface area (Å²) in [5.41, 5.74) is 0. The van der Waals surface area contributed by atoms with E-state index in [-0.39, 0.29) is 52.1 Å². The normalized spacial score (nSPS) is 10.2. The monoisotopic (exact) mass is 548 g/mol. The molecule has 4 N–H and O–H groups in total. The summed E-state index contributed by atoms with van der Waals surface area (Å²) >= 11 is 0. The third kappa shape index (κ3) is 25.5. The topological polar surface area (TPSA) is 204 Å². The van der Waals surface area contributed by atoms with Crippen LogP contribution in [0.3, 0.4) is 0 Å². The van der Waals surface area contributed by atoms with Gasteiger partial charge in [0.25, 0.3) is 0 Å². The number of carbonyl (C=O) groups is 6. The molecule has 14 nitrogen and oxygen atoms in total. The first-order chi connectivity index (χ1) is 18.2. The highest BCUT2D eigenvalue weighted by Crippen LogP contribution is 2.00.